The number of nitrogens with one attached hydrogen (secondary N) is 1. The Hall–Kier alpha value is -2.04. The van der Waals surface area contributed by atoms with Crippen LogP contribution in [0.5, 0.6) is 5.75 Å². The van der Waals surface area contributed by atoms with Gasteiger partial charge in [0.2, 0.25) is 0 Å². The summed E-state index contributed by atoms with van der Waals surface area (Å²) in [6, 6.07) is 12.4. The van der Waals surface area contributed by atoms with Crippen molar-refractivity contribution in [3.05, 3.63) is 58.6 Å². The van der Waals surface area contributed by atoms with Crippen LogP contribution in [-0.2, 0) is 11.3 Å². The van der Waals surface area contributed by atoms with E-state index in [2.05, 4.69) is 5.32 Å². The number of amides is 1. The minimum atomic E-state index is -0.200. The molecule has 0 aromatic heterocycles. The molecule has 0 saturated heterocycles. The van der Waals surface area contributed by atoms with Crippen LogP contribution in [0.4, 0.5) is 5.69 Å². The van der Waals surface area contributed by atoms with Crippen molar-refractivity contribution >= 4 is 23.2 Å². The number of carbonyl (C=O) groups excluding carboxylic acids is 1. The molecule has 2 aromatic carbocycles. The zero-order valence-electron chi connectivity index (χ0n) is 11.9. The maximum Gasteiger partial charge on any atom is 0.255 e. The van der Waals surface area contributed by atoms with E-state index in [0.717, 1.165) is 5.56 Å². The summed E-state index contributed by atoms with van der Waals surface area (Å²) in [7, 11) is 3.16. The molecule has 0 spiro atoms. The molecule has 0 fully saturated rings. The molecule has 0 heterocycles. The fourth-order valence-corrected chi connectivity index (χ4v) is 2.17. The maximum atomic E-state index is 12.2. The Balaban J connectivity index is 2.14. The van der Waals surface area contributed by atoms with Gasteiger partial charge in [0.15, 0.2) is 0 Å². The third kappa shape index (κ3) is 3.97. The predicted octanol–water partition coefficient (Wildman–Crippen LogP) is 3.75. The highest BCUT2D eigenvalue weighted by Gasteiger charge is 2.08. The standard InChI is InChI=1S/C16H16ClNO3/c1-20-10-11-4-3-5-12(8-11)16(19)18-13-6-7-15(21-2)14(17)9-13/h3-9H,10H2,1-2H3,(H,18,19). The normalized spacial score (nSPS) is 10.2. The zero-order chi connectivity index (χ0) is 15.2. The number of carbonyl (C=O) groups is 1. The largest absolute Gasteiger partial charge is 0.495 e. The SMILES string of the molecule is COCc1cccc(C(=O)Nc2ccc(OC)c(Cl)c2)c1. The van der Waals surface area contributed by atoms with Gasteiger partial charge in [-0.05, 0) is 35.9 Å². The Labute approximate surface area is 128 Å². The van der Waals surface area contributed by atoms with Crippen LogP contribution in [0, 0.1) is 0 Å². The Morgan fingerprint density at radius 1 is 1.19 bits per heavy atom. The van der Waals surface area contributed by atoms with E-state index in [1.54, 1.807) is 44.6 Å². The summed E-state index contributed by atoms with van der Waals surface area (Å²) in [5.74, 6) is 0.367. The Bertz CT molecular complexity index is 643. The molecule has 110 valence electrons. The molecule has 2 aromatic rings. The first-order chi connectivity index (χ1) is 10.1. The molecule has 2 rings (SSSR count). The molecule has 0 aliphatic carbocycles. The highest BCUT2D eigenvalue weighted by Crippen LogP contribution is 2.27. The van der Waals surface area contributed by atoms with Gasteiger partial charge in [-0.15, -0.1) is 0 Å². The molecule has 0 saturated carbocycles. The number of ether oxygens (including phenoxy) is 2. The molecular formula is C16H16ClNO3. The highest BCUT2D eigenvalue weighted by molar-refractivity contribution is 6.32. The third-order valence-electron chi connectivity index (χ3n) is 2.91. The van der Waals surface area contributed by atoms with Crippen LogP contribution < -0.4 is 10.1 Å². The van der Waals surface area contributed by atoms with Crippen molar-refractivity contribution in [1.29, 1.82) is 0 Å². The van der Waals surface area contributed by atoms with E-state index >= 15 is 0 Å². The number of methoxy groups -OCH3 is 2. The van der Waals surface area contributed by atoms with Gasteiger partial charge < -0.3 is 14.8 Å². The first-order valence-corrected chi connectivity index (χ1v) is 6.74. The van der Waals surface area contributed by atoms with Gasteiger partial charge in [-0.25, -0.2) is 0 Å². The van der Waals surface area contributed by atoms with Gasteiger partial charge in [0.05, 0.1) is 18.7 Å². The number of hydrogen-bond acceptors (Lipinski definition) is 3. The molecule has 0 unspecified atom stereocenters. The topological polar surface area (TPSA) is 47.6 Å². The molecule has 0 atom stereocenters. The van der Waals surface area contributed by atoms with Crippen LogP contribution in [-0.4, -0.2) is 20.1 Å². The second kappa shape index (κ2) is 7.11. The molecule has 1 N–H and O–H groups in total. The van der Waals surface area contributed by atoms with Crippen molar-refractivity contribution in [2.45, 2.75) is 6.61 Å². The second-order valence-electron chi connectivity index (χ2n) is 4.44. The van der Waals surface area contributed by atoms with E-state index in [9.17, 15) is 4.79 Å². The maximum absolute atomic E-state index is 12.2. The number of benzene rings is 2. The average Bonchev–Trinajstić information content (AvgIpc) is 2.48. The minimum absolute atomic E-state index is 0.200. The Morgan fingerprint density at radius 3 is 2.67 bits per heavy atom. The van der Waals surface area contributed by atoms with Gasteiger partial charge in [-0.1, -0.05) is 23.7 Å². The number of halogens is 1. The smallest absolute Gasteiger partial charge is 0.255 e. The number of rotatable bonds is 5. The van der Waals surface area contributed by atoms with Crippen molar-refractivity contribution in [2.24, 2.45) is 0 Å². The van der Waals surface area contributed by atoms with Crippen molar-refractivity contribution in [2.75, 3.05) is 19.5 Å². The van der Waals surface area contributed by atoms with Crippen molar-refractivity contribution in [1.82, 2.24) is 0 Å². The summed E-state index contributed by atoms with van der Waals surface area (Å²) >= 11 is 6.03. The first kappa shape index (κ1) is 15.4. The predicted molar refractivity (Wildman–Crippen MR) is 83.1 cm³/mol. The lowest BCUT2D eigenvalue weighted by Gasteiger charge is -2.09. The monoisotopic (exact) mass is 305 g/mol. The van der Waals surface area contributed by atoms with Crippen molar-refractivity contribution in [3.8, 4) is 5.75 Å². The quantitative estimate of drug-likeness (QED) is 0.915. The highest BCUT2D eigenvalue weighted by atomic mass is 35.5. The summed E-state index contributed by atoms with van der Waals surface area (Å²) in [6.07, 6.45) is 0. The molecular weight excluding hydrogens is 290 g/mol. The molecule has 0 aliphatic heterocycles. The van der Waals surface area contributed by atoms with E-state index in [0.29, 0.717) is 28.6 Å². The van der Waals surface area contributed by atoms with Gasteiger partial charge in [0, 0.05) is 18.4 Å². The van der Waals surface area contributed by atoms with Crippen LogP contribution in [0.2, 0.25) is 5.02 Å². The van der Waals surface area contributed by atoms with E-state index in [1.165, 1.54) is 0 Å². The Kier molecular flexibility index (Phi) is 5.20. The fraction of sp³-hybridized carbons (Fsp3) is 0.188. The minimum Gasteiger partial charge on any atom is -0.495 e. The van der Waals surface area contributed by atoms with Crippen molar-refractivity contribution in [3.63, 3.8) is 0 Å². The molecule has 5 heteroatoms. The van der Waals surface area contributed by atoms with E-state index < -0.39 is 0 Å². The molecule has 1 amide bonds. The molecule has 4 nitrogen and oxygen atoms in total. The first-order valence-electron chi connectivity index (χ1n) is 6.37. The van der Waals surface area contributed by atoms with Crippen LogP contribution in [0.15, 0.2) is 42.5 Å². The Morgan fingerprint density at radius 2 is 2.00 bits per heavy atom. The lowest BCUT2D eigenvalue weighted by molar-refractivity contribution is 0.102. The van der Waals surface area contributed by atoms with Gasteiger partial charge in [-0.3, -0.25) is 4.79 Å². The summed E-state index contributed by atoms with van der Waals surface area (Å²) in [6.45, 7) is 0.468. The summed E-state index contributed by atoms with van der Waals surface area (Å²) < 4.78 is 10.1. The van der Waals surface area contributed by atoms with Gasteiger partial charge in [0.1, 0.15) is 5.75 Å². The van der Waals surface area contributed by atoms with Crippen LogP contribution in [0.1, 0.15) is 15.9 Å². The molecule has 0 bridgehead atoms. The third-order valence-corrected chi connectivity index (χ3v) is 3.21. The van der Waals surface area contributed by atoms with Crippen molar-refractivity contribution < 1.29 is 14.3 Å². The lowest BCUT2D eigenvalue weighted by Crippen LogP contribution is -2.12. The number of hydrogen-bond donors (Lipinski definition) is 1. The average molecular weight is 306 g/mol. The van der Waals surface area contributed by atoms with E-state index in [-0.39, 0.29) is 5.91 Å². The molecule has 21 heavy (non-hydrogen) atoms. The second-order valence-corrected chi connectivity index (χ2v) is 4.84. The van der Waals surface area contributed by atoms with Gasteiger partial charge in [0.25, 0.3) is 5.91 Å². The van der Waals surface area contributed by atoms with Gasteiger partial charge >= 0.3 is 0 Å². The molecule has 0 aliphatic rings. The summed E-state index contributed by atoms with van der Waals surface area (Å²) in [5.41, 5.74) is 2.12. The molecule has 0 radical (unpaired) electrons. The summed E-state index contributed by atoms with van der Waals surface area (Å²) in [5, 5.41) is 3.25. The van der Waals surface area contributed by atoms with Crippen LogP contribution in [0.3, 0.4) is 0 Å². The number of anilines is 1. The fourth-order valence-electron chi connectivity index (χ4n) is 1.92. The van der Waals surface area contributed by atoms with E-state index in [1.807, 2.05) is 12.1 Å². The summed E-state index contributed by atoms with van der Waals surface area (Å²) in [4.78, 5) is 12.2. The van der Waals surface area contributed by atoms with E-state index in [4.69, 9.17) is 21.1 Å². The van der Waals surface area contributed by atoms with Gasteiger partial charge in [-0.2, -0.15) is 0 Å². The lowest BCUT2D eigenvalue weighted by atomic mass is 10.1. The van der Waals surface area contributed by atoms with Crippen LogP contribution >= 0.6 is 11.6 Å². The zero-order valence-corrected chi connectivity index (χ0v) is 12.6. The van der Waals surface area contributed by atoms with Crippen LogP contribution in [0.25, 0.3) is 0 Å².